The van der Waals surface area contributed by atoms with Gasteiger partial charge in [-0.3, -0.25) is 0 Å². The first-order valence-electron chi connectivity index (χ1n) is 3.68. The summed E-state index contributed by atoms with van der Waals surface area (Å²) in [6.07, 6.45) is -10.5. The Morgan fingerprint density at radius 2 is 1.00 bits per heavy atom. The highest BCUT2D eigenvalue weighted by Crippen LogP contribution is 2.23. The van der Waals surface area contributed by atoms with Crippen molar-refractivity contribution in [2.75, 3.05) is 0 Å². The molecule has 0 aliphatic heterocycles. The van der Waals surface area contributed by atoms with Gasteiger partial charge in [-0.25, -0.2) is 0 Å². The Balaban J connectivity index is 2.79. The third kappa shape index (κ3) is 1.66. The quantitative estimate of drug-likeness (QED) is 0.308. The highest BCUT2D eigenvalue weighted by atomic mass is 19.3. The molecule has 1 rings (SSSR count). The van der Waals surface area contributed by atoms with Gasteiger partial charge in [-0.1, -0.05) is 0 Å². The van der Waals surface area contributed by atoms with Gasteiger partial charge < -0.3 is 25.5 Å². The Hall–Kier alpha value is -0.310. The van der Waals surface area contributed by atoms with Crippen LogP contribution in [-0.2, 0) is 4.94 Å². The molecule has 5 N–H and O–H groups in total. The second kappa shape index (κ2) is 3.82. The first-order valence-corrected chi connectivity index (χ1v) is 3.68. The first-order chi connectivity index (χ1) is 6.00. The Kier molecular flexibility index (Phi) is 3.17. The van der Waals surface area contributed by atoms with Gasteiger partial charge in [-0.2, -0.15) is 4.94 Å². The third-order valence-electron chi connectivity index (χ3n) is 2.18. The van der Waals surface area contributed by atoms with Crippen LogP contribution in [0, 0.1) is 0 Å². The summed E-state index contributed by atoms with van der Waals surface area (Å²) in [7, 11) is 0. The predicted molar refractivity (Wildman–Crippen MR) is 36.0 cm³/mol. The van der Waals surface area contributed by atoms with Gasteiger partial charge in [0.2, 0.25) is 0 Å². The van der Waals surface area contributed by atoms with Crippen LogP contribution >= 0.6 is 0 Å². The molecule has 0 bridgehead atoms. The molecule has 1 saturated carbocycles. The van der Waals surface area contributed by atoms with E-state index < -0.39 is 36.6 Å². The van der Waals surface area contributed by atoms with Gasteiger partial charge in [-0.05, 0) is 4.53 Å². The number of rotatable bonds is 1. The van der Waals surface area contributed by atoms with Gasteiger partial charge in [0.25, 0.3) is 0 Å². The van der Waals surface area contributed by atoms with Crippen molar-refractivity contribution in [1.82, 2.24) is 0 Å². The molecular formula is C6H11FO6. The molecule has 0 amide bonds. The minimum absolute atomic E-state index is 1.73. The average molecular weight is 198 g/mol. The molecule has 1 aliphatic carbocycles. The zero-order valence-corrected chi connectivity index (χ0v) is 6.49. The first kappa shape index (κ1) is 10.8. The molecule has 13 heavy (non-hydrogen) atoms. The minimum atomic E-state index is -1.78. The van der Waals surface area contributed by atoms with Crippen LogP contribution in [0.4, 0.5) is 4.53 Å². The van der Waals surface area contributed by atoms with Crippen LogP contribution in [0.25, 0.3) is 0 Å². The summed E-state index contributed by atoms with van der Waals surface area (Å²) in [6.45, 7) is 0. The monoisotopic (exact) mass is 198 g/mol. The Morgan fingerprint density at radius 3 is 1.31 bits per heavy atom. The fraction of sp³-hybridized carbons (Fsp3) is 1.00. The summed E-state index contributed by atoms with van der Waals surface area (Å²) in [5, 5.41) is 45.1. The van der Waals surface area contributed by atoms with Crippen molar-refractivity contribution in [2.24, 2.45) is 0 Å². The lowest BCUT2D eigenvalue weighted by molar-refractivity contribution is -0.296. The molecule has 0 saturated heterocycles. The summed E-state index contributed by atoms with van der Waals surface area (Å²) in [5.74, 6) is 0. The van der Waals surface area contributed by atoms with Crippen molar-refractivity contribution in [3.05, 3.63) is 0 Å². The van der Waals surface area contributed by atoms with Gasteiger partial charge in [-0.15, -0.1) is 0 Å². The number of hydrogen-bond acceptors (Lipinski definition) is 6. The maximum Gasteiger partial charge on any atom is 0.155 e. The van der Waals surface area contributed by atoms with Gasteiger partial charge in [0.15, 0.2) is 6.10 Å². The second-order valence-corrected chi connectivity index (χ2v) is 3.01. The van der Waals surface area contributed by atoms with Crippen molar-refractivity contribution in [1.29, 1.82) is 0 Å². The van der Waals surface area contributed by atoms with Crippen LogP contribution in [0.15, 0.2) is 0 Å². The predicted octanol–water partition coefficient (Wildman–Crippen LogP) is -2.93. The number of aliphatic hydroxyl groups is 5. The molecule has 7 heteroatoms. The van der Waals surface area contributed by atoms with Crippen LogP contribution < -0.4 is 0 Å². The van der Waals surface area contributed by atoms with Crippen LogP contribution in [-0.4, -0.2) is 62.2 Å². The fourth-order valence-corrected chi connectivity index (χ4v) is 1.30. The van der Waals surface area contributed by atoms with E-state index in [-0.39, 0.29) is 0 Å². The maximum absolute atomic E-state index is 11.7. The SMILES string of the molecule is OC1C(O)C(O)C(OF)C(O)C1O. The fourth-order valence-electron chi connectivity index (χ4n) is 1.30. The molecule has 1 fully saturated rings. The molecule has 6 nitrogen and oxygen atoms in total. The number of aliphatic hydroxyl groups excluding tert-OH is 5. The standard InChI is InChI=1S/C6H11FO6/c7-13-6-4(11)2(9)1(8)3(10)5(6)12/h1-6,8-12H. The lowest BCUT2D eigenvalue weighted by atomic mass is 9.85. The highest BCUT2D eigenvalue weighted by molar-refractivity contribution is 4.98. The molecule has 0 aromatic rings. The second-order valence-electron chi connectivity index (χ2n) is 3.01. The topological polar surface area (TPSA) is 110 Å². The zero-order chi connectivity index (χ0) is 10.2. The largest absolute Gasteiger partial charge is 0.387 e. The van der Waals surface area contributed by atoms with Crippen LogP contribution in [0.2, 0.25) is 0 Å². The van der Waals surface area contributed by atoms with E-state index in [1.54, 1.807) is 0 Å². The van der Waals surface area contributed by atoms with Gasteiger partial charge in [0.05, 0.1) is 0 Å². The minimum Gasteiger partial charge on any atom is -0.387 e. The third-order valence-corrected chi connectivity index (χ3v) is 2.18. The van der Waals surface area contributed by atoms with Crippen molar-refractivity contribution < 1.29 is 35.0 Å². The summed E-state index contributed by atoms with van der Waals surface area (Å²) >= 11 is 0. The Bertz CT molecular complexity index is 163. The molecule has 4 atom stereocenters. The zero-order valence-electron chi connectivity index (χ0n) is 6.49. The van der Waals surface area contributed by atoms with Crippen molar-refractivity contribution in [3.63, 3.8) is 0 Å². The van der Waals surface area contributed by atoms with E-state index in [4.69, 9.17) is 25.5 Å². The van der Waals surface area contributed by atoms with E-state index in [0.717, 1.165) is 0 Å². The van der Waals surface area contributed by atoms with Gasteiger partial charge in [0, 0.05) is 0 Å². The normalized spacial score (nSPS) is 52.2. The Labute approximate surface area is 72.7 Å². The molecule has 4 unspecified atom stereocenters. The van der Waals surface area contributed by atoms with Crippen molar-refractivity contribution in [2.45, 2.75) is 36.6 Å². The summed E-state index contributed by atoms with van der Waals surface area (Å²) in [5.41, 5.74) is 0. The molecule has 1 aliphatic rings. The lowest BCUT2D eigenvalue weighted by Crippen LogP contribution is -2.63. The van der Waals surface area contributed by atoms with E-state index >= 15 is 0 Å². The van der Waals surface area contributed by atoms with Crippen molar-refractivity contribution in [3.8, 4) is 0 Å². The Morgan fingerprint density at radius 1 is 0.692 bits per heavy atom. The lowest BCUT2D eigenvalue weighted by Gasteiger charge is -2.39. The van der Waals surface area contributed by atoms with E-state index in [0.29, 0.717) is 0 Å². The smallest absolute Gasteiger partial charge is 0.155 e. The molecule has 0 heterocycles. The van der Waals surface area contributed by atoms with Gasteiger partial charge in [0.1, 0.15) is 30.5 Å². The molecule has 0 radical (unpaired) electrons. The summed E-state index contributed by atoms with van der Waals surface area (Å²) < 4.78 is 11.7. The van der Waals surface area contributed by atoms with E-state index in [1.807, 2.05) is 0 Å². The van der Waals surface area contributed by atoms with Crippen LogP contribution in [0.1, 0.15) is 0 Å². The average Bonchev–Trinajstić information content (AvgIpc) is 2.13. The number of hydrogen-bond donors (Lipinski definition) is 5. The van der Waals surface area contributed by atoms with E-state index in [9.17, 15) is 4.53 Å². The van der Waals surface area contributed by atoms with Crippen LogP contribution in [0.5, 0.6) is 0 Å². The maximum atomic E-state index is 11.7. The molecule has 0 spiro atoms. The summed E-state index contributed by atoms with van der Waals surface area (Å²) in [6, 6.07) is 0. The molecule has 78 valence electrons. The van der Waals surface area contributed by atoms with Crippen LogP contribution in [0.3, 0.4) is 0 Å². The number of halogens is 1. The van der Waals surface area contributed by atoms with E-state index in [2.05, 4.69) is 4.94 Å². The van der Waals surface area contributed by atoms with Crippen molar-refractivity contribution >= 4 is 0 Å². The molecule has 0 aromatic carbocycles. The molecular weight excluding hydrogens is 187 g/mol. The highest BCUT2D eigenvalue weighted by Gasteiger charge is 2.49. The van der Waals surface area contributed by atoms with E-state index in [1.165, 1.54) is 0 Å². The summed E-state index contributed by atoms with van der Waals surface area (Å²) in [4.78, 5) is 3.17. The van der Waals surface area contributed by atoms with Gasteiger partial charge >= 0.3 is 0 Å². The molecule has 0 aromatic heterocycles.